The summed E-state index contributed by atoms with van der Waals surface area (Å²) in [6.07, 6.45) is -34.4. The van der Waals surface area contributed by atoms with Crippen molar-refractivity contribution in [3.63, 3.8) is 0 Å². The molecule has 1 aliphatic rings. The van der Waals surface area contributed by atoms with Crippen LogP contribution in [0.5, 0.6) is 0 Å². The zero-order valence-corrected chi connectivity index (χ0v) is 55.5. The third-order valence-corrected chi connectivity index (χ3v) is 16.4. The van der Waals surface area contributed by atoms with Gasteiger partial charge < -0.3 is 145 Å². The fraction of sp³-hybridized carbons (Fsp3) is 0.607. The van der Waals surface area contributed by atoms with Gasteiger partial charge in [0.15, 0.2) is 0 Å². The number of nitrogens with one attached hydrogen (secondary N) is 9. The van der Waals surface area contributed by atoms with Gasteiger partial charge in [-0.15, -0.1) is 0 Å². The summed E-state index contributed by atoms with van der Waals surface area (Å²) < 4.78 is 5.61. The lowest BCUT2D eigenvalue weighted by atomic mass is 9.98. The van der Waals surface area contributed by atoms with Crippen molar-refractivity contribution in [1.82, 2.24) is 47.9 Å². The molecule has 572 valence electrons. The van der Waals surface area contributed by atoms with E-state index in [1.54, 1.807) is 36.4 Å². The topological polar surface area (TPSA) is 686 Å². The molecule has 1 aliphatic carbocycles. The Balaban J connectivity index is 2.06. The number of amides is 9. The normalized spacial score (nSPS) is 17.2. The van der Waals surface area contributed by atoms with Crippen molar-refractivity contribution in [2.75, 3.05) is 51.8 Å². The van der Waals surface area contributed by atoms with Crippen LogP contribution in [0.15, 0.2) is 48.5 Å². The van der Waals surface area contributed by atoms with E-state index in [1.165, 1.54) is 0 Å². The molecule has 0 aromatic heterocycles. The average Bonchev–Trinajstić information content (AvgIpc) is 1.62. The minimum atomic E-state index is -2.20. The quantitative estimate of drug-likeness (QED) is 0.0274. The van der Waals surface area contributed by atoms with Crippen LogP contribution in [0.2, 0.25) is 0 Å². The summed E-state index contributed by atoms with van der Waals surface area (Å²) in [5, 5.41) is 197. The predicted molar refractivity (Wildman–Crippen MR) is 347 cm³/mol. The van der Waals surface area contributed by atoms with Crippen LogP contribution in [0.4, 0.5) is 4.79 Å². The van der Waals surface area contributed by atoms with Gasteiger partial charge in [0, 0.05) is 63.4 Å². The Hall–Kier alpha value is -8.37. The molecule has 0 radical (unpaired) electrons. The first kappa shape index (κ1) is 87.8. The number of aliphatic hydroxyl groups is 15. The van der Waals surface area contributed by atoms with Crippen molar-refractivity contribution >= 4 is 83.9 Å². The first-order chi connectivity index (χ1) is 48.1. The number of rotatable bonds is 48. The number of benzene rings is 2. The molecule has 0 heterocycles. The molecule has 0 bridgehead atoms. The SMILES string of the molecule is O=C(O)CC[C@H](NC(=O)[C@H](CCC(=O)NC[C@H](O)[C@@H](O)[C@H](O)[C@H](O)CO)NC(=O)OCC1c2ccccc2-c2ccccc21)C(=O)N[C@@H](CCC(=O)NC[C@H](O)[C@@H](O)[C@H](O)[C@H](O)CO)C(=O)N[C@@H](CCC(=O)O)C(=O)N[C@@H](CCC(=O)NC[C@H](O)[C@@H](O)[C@H](O)[C@H](O)CO)C(=O)N[C@@H](CS)C(=O)O. The molecule has 2 aromatic rings. The van der Waals surface area contributed by atoms with E-state index in [1.807, 2.05) is 12.1 Å². The minimum Gasteiger partial charge on any atom is -0.481 e. The zero-order valence-electron chi connectivity index (χ0n) is 54.6. The number of aliphatic hydroxyl groups excluding tert-OH is 15. The van der Waals surface area contributed by atoms with Gasteiger partial charge in [0.25, 0.3) is 0 Å². The number of alkyl carbamates (subject to hydrolysis) is 1. The van der Waals surface area contributed by atoms with Crippen LogP contribution in [0, 0.1) is 0 Å². The Labute approximate surface area is 586 Å². The van der Waals surface area contributed by atoms with Gasteiger partial charge in [0.1, 0.15) is 97.8 Å². The summed E-state index contributed by atoms with van der Waals surface area (Å²) in [5.41, 5.74) is 3.18. The van der Waals surface area contributed by atoms with Crippen molar-refractivity contribution in [1.29, 1.82) is 0 Å². The van der Waals surface area contributed by atoms with Crippen molar-refractivity contribution in [3.8, 4) is 11.1 Å². The molecule has 3 rings (SSSR count). The maximum atomic E-state index is 14.6. The van der Waals surface area contributed by atoms with Crippen molar-refractivity contribution in [3.05, 3.63) is 59.7 Å². The number of carbonyl (C=O) groups excluding carboxylic acids is 9. The van der Waals surface area contributed by atoms with Gasteiger partial charge in [-0.05, 0) is 54.4 Å². The number of aliphatic carboxylic acids is 3. The molecule has 2 aromatic carbocycles. The highest BCUT2D eigenvalue weighted by molar-refractivity contribution is 7.80. The highest BCUT2D eigenvalue weighted by Crippen LogP contribution is 2.44. The highest BCUT2D eigenvalue weighted by atomic mass is 32.1. The summed E-state index contributed by atoms with van der Waals surface area (Å²) in [6.45, 7) is -6.04. The third kappa shape index (κ3) is 28.5. The molecule has 0 saturated heterocycles. The van der Waals surface area contributed by atoms with Gasteiger partial charge in [-0.25, -0.2) is 9.59 Å². The number of carbonyl (C=O) groups is 12. The molecule has 0 saturated carbocycles. The number of hydrogen-bond donors (Lipinski definition) is 28. The lowest BCUT2D eigenvalue weighted by Crippen LogP contribution is -2.59. The van der Waals surface area contributed by atoms with E-state index in [0.717, 1.165) is 22.3 Å². The van der Waals surface area contributed by atoms with E-state index >= 15 is 0 Å². The second-order valence-electron chi connectivity index (χ2n) is 23.6. The number of thiol groups is 1. The smallest absolute Gasteiger partial charge is 0.407 e. The summed E-state index contributed by atoms with van der Waals surface area (Å²) in [4.78, 5) is 161. The second kappa shape index (κ2) is 44.2. The summed E-state index contributed by atoms with van der Waals surface area (Å²) >= 11 is 3.88. The molecular weight excluding hydrogens is 1390 g/mol. The number of fused-ring (bicyclic) bond motifs is 3. The van der Waals surface area contributed by atoms with Crippen LogP contribution >= 0.6 is 12.6 Å². The van der Waals surface area contributed by atoms with Crippen LogP contribution in [0.25, 0.3) is 11.1 Å². The molecule has 40 nitrogen and oxygen atoms in total. The maximum Gasteiger partial charge on any atom is 0.407 e. The number of hydrogen-bond acceptors (Lipinski definition) is 29. The minimum absolute atomic E-state index is 0.344. The summed E-state index contributed by atoms with van der Waals surface area (Å²) in [6, 6.07) is 2.30. The van der Waals surface area contributed by atoms with Gasteiger partial charge in [0.05, 0.1) is 38.1 Å². The fourth-order valence-electron chi connectivity index (χ4n) is 10.0. The van der Waals surface area contributed by atoms with E-state index in [2.05, 4.69) is 60.5 Å². The molecule has 0 aliphatic heterocycles. The van der Waals surface area contributed by atoms with Crippen LogP contribution in [-0.2, 0) is 57.5 Å². The fourth-order valence-corrected chi connectivity index (χ4v) is 10.3. The van der Waals surface area contributed by atoms with E-state index in [4.69, 9.17) is 14.9 Å². The average molecular weight is 1480 g/mol. The largest absolute Gasteiger partial charge is 0.481 e. The van der Waals surface area contributed by atoms with Crippen molar-refractivity contribution in [2.45, 2.75) is 180 Å². The highest BCUT2D eigenvalue weighted by Gasteiger charge is 2.38. The molecule has 27 N–H and O–H groups in total. The first-order valence-corrected chi connectivity index (χ1v) is 32.4. The lowest BCUT2D eigenvalue weighted by Gasteiger charge is -2.28. The number of ether oxygens (including phenoxy) is 1. The van der Waals surface area contributed by atoms with Crippen LogP contribution < -0.4 is 47.9 Å². The molecule has 0 spiro atoms. The second-order valence-corrected chi connectivity index (χ2v) is 24.0. The zero-order chi connectivity index (χ0) is 76.7. The van der Waals surface area contributed by atoms with Crippen LogP contribution in [0.3, 0.4) is 0 Å². The van der Waals surface area contributed by atoms with Gasteiger partial charge in [-0.2, -0.15) is 12.6 Å². The molecule has 18 atom stereocenters. The van der Waals surface area contributed by atoms with E-state index in [0.29, 0.717) is 0 Å². The molecular formula is C61H91N9O31S. The first-order valence-electron chi connectivity index (χ1n) is 31.8. The van der Waals surface area contributed by atoms with E-state index in [-0.39, 0.29) is 6.61 Å². The number of carboxylic acid groups (broad SMARTS) is 3. The lowest BCUT2D eigenvalue weighted by molar-refractivity contribution is -0.142. The summed E-state index contributed by atoms with van der Waals surface area (Å²) in [7, 11) is 0. The predicted octanol–water partition coefficient (Wildman–Crippen LogP) is -10.9. The Morgan fingerprint density at radius 2 is 0.637 bits per heavy atom. The molecule has 41 heteroatoms. The van der Waals surface area contributed by atoms with Crippen molar-refractivity contribution < 1.29 is 154 Å². The molecule has 102 heavy (non-hydrogen) atoms. The third-order valence-electron chi connectivity index (χ3n) is 16.1. The monoisotopic (exact) mass is 1480 g/mol. The maximum absolute atomic E-state index is 14.6. The summed E-state index contributed by atoms with van der Waals surface area (Å²) in [5.74, 6) is -16.3. The van der Waals surface area contributed by atoms with Crippen LogP contribution in [0.1, 0.15) is 81.3 Å². The molecule has 0 fully saturated rings. The van der Waals surface area contributed by atoms with Gasteiger partial charge >= 0.3 is 24.0 Å². The van der Waals surface area contributed by atoms with E-state index < -0.39 is 296 Å². The Bertz CT molecular complexity index is 3080. The standard InChI is InChI=1S/C61H91N9O31S/c71-22-41(77)52(90)49(87)38(74)19-62-44(80)14-9-32(55(93)67-34(12-17-47(83)84)56(94)66-33(58(96)69-37(26-102)60(98)99)10-15-45(81)63-20-39(75)50(88)53(91)42(78)23-72)65-57(95)35(13-18-48(85)86)68-59(97)36(11-16-46(82)64-21-40(76)51(89)54(92)43(79)24-73)70-61(100)101-25-31-29-7-3-1-5-27(29)28-6-2-4-8-30(28)31/h1-8,31-43,49-54,71-79,87-92,102H,9-26H2,(H,62,80)(H,63,81)(H,64,82)(H,65,95)(H,66,94)(H,67,93)(H,68,97)(H,69,96)(H,70,100)(H,83,84)(H,85,86)(H,98,99)/t32-,33-,34-,35-,36-,37-,38-,39-,40-,41+,42+,43+,49+,50+,51+,52+,53+,54+/m0/s1. The van der Waals surface area contributed by atoms with Crippen LogP contribution in [-0.4, -0.2) is 324 Å². The Kier molecular flexibility index (Phi) is 38.1. The van der Waals surface area contributed by atoms with Crippen molar-refractivity contribution in [2.24, 2.45) is 0 Å². The molecule has 0 unspecified atom stereocenters. The van der Waals surface area contributed by atoms with Gasteiger partial charge in [-0.1, -0.05) is 48.5 Å². The molecule has 9 amide bonds. The van der Waals surface area contributed by atoms with Gasteiger partial charge in [0.2, 0.25) is 47.3 Å². The Morgan fingerprint density at radius 3 is 0.912 bits per heavy atom. The Morgan fingerprint density at radius 1 is 0.373 bits per heavy atom. The van der Waals surface area contributed by atoms with E-state index in [9.17, 15) is 139 Å². The van der Waals surface area contributed by atoms with Gasteiger partial charge in [-0.3, -0.25) is 47.9 Å². The number of carboxylic acids is 3.